The van der Waals surface area contributed by atoms with Crippen molar-refractivity contribution < 1.29 is 0 Å². The third-order valence-corrected chi connectivity index (χ3v) is 19.2. The molecule has 0 aliphatic heterocycles. The highest BCUT2D eigenvalue weighted by Gasteiger charge is 2.52. The molecule has 0 atom stereocenters. The molecule has 0 saturated heterocycles. The second-order valence-electron chi connectivity index (χ2n) is 25.2. The monoisotopic (exact) mass is 1090 g/mol. The van der Waals surface area contributed by atoms with E-state index in [2.05, 4.69) is 301 Å². The topological polar surface area (TPSA) is 0 Å². The van der Waals surface area contributed by atoms with Gasteiger partial charge in [-0.25, -0.2) is 0 Å². The van der Waals surface area contributed by atoms with Gasteiger partial charge in [-0.15, -0.1) is 0 Å². The second-order valence-corrected chi connectivity index (χ2v) is 25.2. The SMILES string of the molecule is Cc1cc(C)c(-c2ccc(-c3ccc4c(c3)C3(c5cc(-c6ccc(-c7cc(C)c(C)cc7C)cc6)ccc5-4)c4cc(-c5ccc(-c6c(C)cc(C)cc6C)cc5)ccc4-c4ccc(-c5ccc(-c6c(C)cc(C)cc6C)cc5)cc43)cc2)c(C)c1. The third kappa shape index (κ3) is 8.88. The Bertz CT molecular complexity index is 4330. The zero-order valence-corrected chi connectivity index (χ0v) is 51.3. The van der Waals surface area contributed by atoms with Gasteiger partial charge in [0.1, 0.15) is 0 Å². The van der Waals surface area contributed by atoms with Crippen LogP contribution in [0.2, 0.25) is 0 Å². The Morgan fingerprint density at radius 2 is 0.388 bits per heavy atom. The molecule has 0 N–H and O–H groups in total. The number of fused-ring (bicyclic) bond motifs is 10. The van der Waals surface area contributed by atoms with E-state index in [0.717, 1.165) is 0 Å². The Morgan fingerprint density at radius 1 is 0.165 bits per heavy atom. The summed E-state index contributed by atoms with van der Waals surface area (Å²) in [5.74, 6) is 0. The lowest BCUT2D eigenvalue weighted by molar-refractivity contribution is 0.795. The van der Waals surface area contributed by atoms with Gasteiger partial charge in [-0.2, -0.15) is 0 Å². The smallest absolute Gasteiger partial charge is 0.0557 e. The predicted molar refractivity (Wildman–Crippen MR) is 363 cm³/mol. The molecular weight excluding hydrogens is 1020 g/mol. The minimum absolute atomic E-state index is 0.661. The molecule has 0 heteroatoms. The maximum Gasteiger partial charge on any atom is 0.0726 e. The Labute approximate surface area is 504 Å². The van der Waals surface area contributed by atoms with Crippen LogP contribution in [0, 0.1) is 83.1 Å². The average Bonchev–Trinajstić information content (AvgIpc) is 1.52. The van der Waals surface area contributed by atoms with Gasteiger partial charge >= 0.3 is 0 Å². The summed E-state index contributed by atoms with van der Waals surface area (Å²) in [6.45, 7) is 26.7. The van der Waals surface area contributed by atoms with Crippen LogP contribution < -0.4 is 0 Å². The molecule has 0 aromatic heterocycles. The van der Waals surface area contributed by atoms with E-state index < -0.39 is 5.41 Å². The minimum Gasteiger partial charge on any atom is -0.0557 e. The van der Waals surface area contributed by atoms with E-state index in [1.807, 2.05) is 0 Å². The highest BCUT2D eigenvalue weighted by atomic mass is 14.5. The van der Waals surface area contributed by atoms with Gasteiger partial charge in [0.15, 0.2) is 0 Å². The lowest BCUT2D eigenvalue weighted by atomic mass is 9.69. The third-order valence-electron chi connectivity index (χ3n) is 19.2. The predicted octanol–water partition coefficient (Wildman–Crippen LogP) is 23.1. The van der Waals surface area contributed by atoms with E-state index >= 15 is 0 Å². The minimum atomic E-state index is -0.661. The second kappa shape index (κ2) is 20.5. The van der Waals surface area contributed by atoms with E-state index in [9.17, 15) is 0 Å². The van der Waals surface area contributed by atoms with Crippen LogP contribution in [0.3, 0.4) is 0 Å². The normalized spacial score (nSPS) is 12.6. The van der Waals surface area contributed by atoms with Gasteiger partial charge in [-0.05, 0) is 291 Å². The molecular formula is C85H72. The van der Waals surface area contributed by atoms with Crippen LogP contribution in [-0.4, -0.2) is 0 Å². The van der Waals surface area contributed by atoms with Crippen molar-refractivity contribution in [3.8, 4) is 111 Å². The van der Waals surface area contributed by atoms with Crippen molar-refractivity contribution in [2.45, 2.75) is 88.5 Å². The summed E-state index contributed by atoms with van der Waals surface area (Å²) in [4.78, 5) is 0. The van der Waals surface area contributed by atoms with Gasteiger partial charge in [-0.1, -0.05) is 211 Å². The molecule has 14 rings (SSSR count). The van der Waals surface area contributed by atoms with Crippen molar-refractivity contribution >= 4 is 0 Å². The molecule has 12 aromatic rings. The largest absolute Gasteiger partial charge is 0.0726 e. The number of benzene rings is 12. The van der Waals surface area contributed by atoms with Crippen molar-refractivity contribution in [1.82, 2.24) is 0 Å². The van der Waals surface area contributed by atoms with Gasteiger partial charge in [0.2, 0.25) is 0 Å². The Hall–Kier alpha value is -9.36. The maximum absolute atomic E-state index is 2.55. The molecule has 0 bridgehead atoms. The molecule has 12 aromatic carbocycles. The molecule has 412 valence electrons. The summed E-state index contributed by atoms with van der Waals surface area (Å²) in [5.41, 5.74) is 45.4. The lowest BCUT2D eigenvalue weighted by Gasteiger charge is -2.32. The van der Waals surface area contributed by atoms with Crippen LogP contribution in [0.4, 0.5) is 0 Å². The molecule has 0 fully saturated rings. The van der Waals surface area contributed by atoms with Crippen LogP contribution in [-0.2, 0) is 5.41 Å². The number of aryl methyl sites for hydroxylation is 12. The summed E-state index contributed by atoms with van der Waals surface area (Å²) >= 11 is 0. The van der Waals surface area contributed by atoms with E-state index in [1.54, 1.807) is 0 Å². The van der Waals surface area contributed by atoms with Gasteiger partial charge in [0, 0.05) is 0 Å². The molecule has 85 heavy (non-hydrogen) atoms. The maximum atomic E-state index is 2.55. The molecule has 2 aliphatic carbocycles. The fourth-order valence-electron chi connectivity index (χ4n) is 15.5. The van der Waals surface area contributed by atoms with Crippen molar-refractivity contribution in [3.63, 3.8) is 0 Å². The van der Waals surface area contributed by atoms with Crippen LogP contribution >= 0.6 is 0 Å². The fraction of sp³-hybridized carbons (Fsp3) is 0.153. The van der Waals surface area contributed by atoms with Crippen LogP contribution in [0.5, 0.6) is 0 Å². The van der Waals surface area contributed by atoms with Crippen LogP contribution in [0.1, 0.15) is 89.0 Å². The lowest BCUT2D eigenvalue weighted by Crippen LogP contribution is -2.26. The Balaban J connectivity index is 0.981. The molecule has 1 spiro atoms. The zero-order chi connectivity index (χ0) is 58.7. The first kappa shape index (κ1) is 53.6. The summed E-state index contributed by atoms with van der Waals surface area (Å²) in [7, 11) is 0. The van der Waals surface area contributed by atoms with Gasteiger partial charge in [-0.3, -0.25) is 0 Å². The molecule has 0 amide bonds. The highest BCUT2D eigenvalue weighted by molar-refractivity contribution is 5.99. The van der Waals surface area contributed by atoms with Crippen LogP contribution in [0.15, 0.2) is 218 Å². The molecule has 0 radical (unpaired) electrons. The average molecular weight is 1090 g/mol. The van der Waals surface area contributed by atoms with Crippen LogP contribution in [0.25, 0.3) is 111 Å². The summed E-state index contributed by atoms with van der Waals surface area (Å²) in [5, 5.41) is 0. The first-order valence-corrected chi connectivity index (χ1v) is 30.4. The molecule has 0 saturated carbocycles. The molecule has 0 nitrogen and oxygen atoms in total. The fourth-order valence-corrected chi connectivity index (χ4v) is 15.5. The highest BCUT2D eigenvalue weighted by Crippen LogP contribution is 2.64. The quantitative estimate of drug-likeness (QED) is 0.142. The first-order valence-electron chi connectivity index (χ1n) is 30.4. The summed E-state index contributed by atoms with van der Waals surface area (Å²) in [6, 6.07) is 85.2. The zero-order valence-electron chi connectivity index (χ0n) is 51.3. The van der Waals surface area contributed by atoms with Crippen molar-refractivity contribution in [3.05, 3.63) is 307 Å². The van der Waals surface area contributed by atoms with Crippen molar-refractivity contribution in [2.75, 3.05) is 0 Å². The van der Waals surface area contributed by atoms with E-state index in [4.69, 9.17) is 0 Å². The first-order chi connectivity index (χ1) is 41.0. The standard InChI is InChI=1S/C85H72/c1-49-37-55(7)82(56(8)38-49)66-23-15-62(16-24-66)70-30-34-74-73-33-29-69(61-13-21-65(22-14-61)77-44-53(5)52(4)43-54(77)6)45-78(73)85(79(74)46-70)80-47-71(63-17-25-67(26-18-63)83-57(9)39-50(2)40-58(83)10)31-35-75(80)76-36-32-72(48-81(76)85)64-19-27-68(28-20-64)84-59(11)41-51(3)42-60(84)12/h13-48H,1-12H3. The van der Waals surface area contributed by atoms with E-state index in [1.165, 1.54) is 200 Å². The van der Waals surface area contributed by atoms with Crippen molar-refractivity contribution in [1.29, 1.82) is 0 Å². The summed E-state index contributed by atoms with van der Waals surface area (Å²) < 4.78 is 0. The number of hydrogen-bond donors (Lipinski definition) is 0. The summed E-state index contributed by atoms with van der Waals surface area (Å²) in [6.07, 6.45) is 0. The Morgan fingerprint density at radius 3 is 0.659 bits per heavy atom. The molecule has 0 heterocycles. The number of rotatable bonds is 8. The molecule has 2 aliphatic rings. The van der Waals surface area contributed by atoms with Gasteiger partial charge in [0.05, 0.1) is 5.41 Å². The van der Waals surface area contributed by atoms with E-state index in [0.29, 0.717) is 0 Å². The van der Waals surface area contributed by atoms with E-state index in [-0.39, 0.29) is 0 Å². The van der Waals surface area contributed by atoms with Crippen molar-refractivity contribution in [2.24, 2.45) is 0 Å². The Kier molecular flexibility index (Phi) is 12.9. The number of hydrogen-bond acceptors (Lipinski definition) is 0. The molecule has 0 unspecified atom stereocenters. The van der Waals surface area contributed by atoms with Gasteiger partial charge < -0.3 is 0 Å². The van der Waals surface area contributed by atoms with Gasteiger partial charge in [0.25, 0.3) is 0 Å².